The Morgan fingerprint density at radius 2 is 1.89 bits per heavy atom. The highest BCUT2D eigenvalue weighted by molar-refractivity contribution is 5.96. The molecule has 0 atom stereocenters. The van der Waals surface area contributed by atoms with Crippen LogP contribution >= 0.6 is 0 Å². The van der Waals surface area contributed by atoms with E-state index >= 15 is 0 Å². The van der Waals surface area contributed by atoms with Crippen molar-refractivity contribution in [1.82, 2.24) is 5.43 Å². The van der Waals surface area contributed by atoms with Gasteiger partial charge in [0.25, 0.3) is 5.91 Å². The van der Waals surface area contributed by atoms with Gasteiger partial charge in [0, 0.05) is 17.7 Å². The van der Waals surface area contributed by atoms with Crippen LogP contribution in [0, 0.1) is 0 Å². The first kappa shape index (κ1) is 20.0. The van der Waals surface area contributed by atoms with Crippen LogP contribution < -0.4 is 15.5 Å². The molecule has 0 saturated heterocycles. The van der Waals surface area contributed by atoms with Crippen LogP contribution in [0.4, 0.5) is 5.69 Å². The number of nitrogens with one attached hydrogen (secondary N) is 2. The molecular formula is C20H23N3O4. The number of ether oxygens (including phenoxy) is 1. The topological polar surface area (TPSA) is 100 Å². The Bertz CT molecular complexity index is 816. The third kappa shape index (κ3) is 6.14. The summed E-state index contributed by atoms with van der Waals surface area (Å²) in [6, 6.07) is 11.3. The molecule has 0 aromatic heterocycles. The number of hydrazone groups is 1. The molecule has 2 rings (SSSR count). The van der Waals surface area contributed by atoms with Crippen LogP contribution in [-0.2, 0) is 4.79 Å². The molecule has 27 heavy (non-hydrogen) atoms. The molecule has 2 aromatic carbocycles. The van der Waals surface area contributed by atoms with Crippen molar-refractivity contribution in [2.75, 3.05) is 11.9 Å². The van der Waals surface area contributed by atoms with Crippen molar-refractivity contribution >= 4 is 23.7 Å². The molecular weight excluding hydrogens is 346 g/mol. The zero-order chi connectivity index (χ0) is 19.6. The maximum atomic E-state index is 12.1. The lowest BCUT2D eigenvalue weighted by atomic mass is 10.2. The Labute approximate surface area is 158 Å². The van der Waals surface area contributed by atoms with Gasteiger partial charge in [-0.25, -0.2) is 5.43 Å². The fourth-order valence-corrected chi connectivity index (χ4v) is 2.27. The number of phenolic OH excluding ortho intramolecular Hbond substituents is 1. The molecule has 2 aromatic rings. The summed E-state index contributed by atoms with van der Waals surface area (Å²) in [7, 11) is 0. The number of carbonyl (C=O) groups is 2. The molecule has 142 valence electrons. The molecule has 0 saturated carbocycles. The normalized spacial score (nSPS) is 10.6. The van der Waals surface area contributed by atoms with E-state index in [9.17, 15) is 14.7 Å². The maximum Gasteiger partial charge on any atom is 0.271 e. The Morgan fingerprint density at radius 1 is 1.15 bits per heavy atom. The van der Waals surface area contributed by atoms with Gasteiger partial charge in [-0.05, 0) is 61.4 Å². The molecule has 0 unspecified atom stereocenters. The number of hydrogen-bond donors (Lipinski definition) is 3. The van der Waals surface area contributed by atoms with Gasteiger partial charge in [0.2, 0.25) is 5.91 Å². The summed E-state index contributed by atoms with van der Waals surface area (Å²) >= 11 is 0. The summed E-state index contributed by atoms with van der Waals surface area (Å²) < 4.78 is 5.30. The zero-order valence-corrected chi connectivity index (χ0v) is 15.4. The first-order valence-electron chi connectivity index (χ1n) is 8.72. The van der Waals surface area contributed by atoms with E-state index < -0.39 is 0 Å². The van der Waals surface area contributed by atoms with Crippen molar-refractivity contribution in [1.29, 1.82) is 0 Å². The molecule has 0 aliphatic carbocycles. The Balaban J connectivity index is 1.94. The number of rotatable bonds is 8. The molecule has 0 spiro atoms. The predicted octanol–water partition coefficient (Wildman–Crippen LogP) is 3.29. The van der Waals surface area contributed by atoms with Crippen LogP contribution in [0.5, 0.6) is 11.5 Å². The Morgan fingerprint density at radius 3 is 2.56 bits per heavy atom. The molecule has 0 aliphatic heterocycles. The van der Waals surface area contributed by atoms with Gasteiger partial charge in [0.15, 0.2) is 11.5 Å². The lowest BCUT2D eigenvalue weighted by Gasteiger charge is -2.06. The molecule has 2 amide bonds. The van der Waals surface area contributed by atoms with E-state index in [1.807, 2.05) is 13.8 Å². The standard InChI is InChI=1S/C20H23N3O4/c1-3-5-19(25)22-16-9-7-15(8-10-16)20(26)23-21-13-14-6-11-17(24)18(12-14)27-4-2/h6-13,24H,3-5H2,1-2H3,(H,22,25)(H,23,26)/b21-13+. The van der Waals surface area contributed by atoms with E-state index in [1.165, 1.54) is 12.3 Å². The van der Waals surface area contributed by atoms with Gasteiger partial charge in [-0.2, -0.15) is 5.10 Å². The third-order valence-electron chi connectivity index (χ3n) is 3.57. The van der Waals surface area contributed by atoms with Crippen molar-refractivity contribution in [3.63, 3.8) is 0 Å². The van der Waals surface area contributed by atoms with Crippen LogP contribution in [0.3, 0.4) is 0 Å². The lowest BCUT2D eigenvalue weighted by Crippen LogP contribution is -2.17. The van der Waals surface area contributed by atoms with E-state index in [0.29, 0.717) is 35.6 Å². The molecule has 0 fully saturated rings. The molecule has 3 N–H and O–H groups in total. The second-order valence-corrected chi connectivity index (χ2v) is 5.73. The fourth-order valence-electron chi connectivity index (χ4n) is 2.27. The number of benzene rings is 2. The number of hydrogen-bond acceptors (Lipinski definition) is 5. The van der Waals surface area contributed by atoms with Crippen molar-refractivity contribution in [3.8, 4) is 11.5 Å². The van der Waals surface area contributed by atoms with Gasteiger partial charge >= 0.3 is 0 Å². The smallest absolute Gasteiger partial charge is 0.271 e. The van der Waals surface area contributed by atoms with E-state index in [-0.39, 0.29) is 17.6 Å². The van der Waals surface area contributed by atoms with Gasteiger partial charge in [-0.1, -0.05) is 6.92 Å². The number of phenols is 1. The summed E-state index contributed by atoms with van der Waals surface area (Å²) in [6.07, 6.45) is 2.69. The number of amides is 2. The minimum atomic E-state index is -0.374. The average molecular weight is 369 g/mol. The van der Waals surface area contributed by atoms with Crippen molar-refractivity contribution in [2.24, 2.45) is 5.10 Å². The van der Waals surface area contributed by atoms with Crippen LogP contribution in [0.2, 0.25) is 0 Å². The summed E-state index contributed by atoms with van der Waals surface area (Å²) in [4.78, 5) is 23.7. The number of nitrogens with zero attached hydrogens (tertiary/aromatic N) is 1. The van der Waals surface area contributed by atoms with E-state index in [0.717, 1.165) is 6.42 Å². The second-order valence-electron chi connectivity index (χ2n) is 5.73. The lowest BCUT2D eigenvalue weighted by molar-refractivity contribution is -0.116. The van der Waals surface area contributed by atoms with E-state index in [1.54, 1.807) is 36.4 Å². The maximum absolute atomic E-state index is 12.1. The number of anilines is 1. The van der Waals surface area contributed by atoms with Crippen LogP contribution in [0.15, 0.2) is 47.6 Å². The summed E-state index contributed by atoms with van der Waals surface area (Å²) in [5.74, 6) is -0.0289. The Hall–Kier alpha value is -3.35. The minimum absolute atomic E-state index is 0.0455. The second kappa shape index (κ2) is 9.96. The minimum Gasteiger partial charge on any atom is -0.504 e. The first-order chi connectivity index (χ1) is 13.0. The quantitative estimate of drug-likeness (QED) is 0.491. The zero-order valence-electron chi connectivity index (χ0n) is 15.4. The van der Waals surface area contributed by atoms with Crippen molar-refractivity contribution < 1.29 is 19.4 Å². The van der Waals surface area contributed by atoms with Gasteiger partial charge in [0.05, 0.1) is 12.8 Å². The van der Waals surface area contributed by atoms with Gasteiger partial charge in [0.1, 0.15) is 0 Å². The van der Waals surface area contributed by atoms with Crippen LogP contribution in [-0.4, -0.2) is 29.7 Å². The summed E-state index contributed by atoms with van der Waals surface area (Å²) in [6.45, 7) is 4.18. The van der Waals surface area contributed by atoms with Crippen LogP contribution in [0.1, 0.15) is 42.6 Å². The highest BCUT2D eigenvalue weighted by Crippen LogP contribution is 2.26. The molecule has 0 heterocycles. The molecule has 0 aliphatic rings. The number of carbonyl (C=O) groups excluding carboxylic acids is 2. The SMILES string of the molecule is CCCC(=O)Nc1ccc(C(=O)N/N=C/c2ccc(O)c(OCC)c2)cc1. The van der Waals surface area contributed by atoms with Crippen molar-refractivity contribution in [2.45, 2.75) is 26.7 Å². The fraction of sp³-hybridized carbons (Fsp3) is 0.250. The van der Waals surface area contributed by atoms with E-state index in [2.05, 4.69) is 15.8 Å². The predicted molar refractivity (Wildman–Crippen MR) is 104 cm³/mol. The molecule has 0 radical (unpaired) electrons. The third-order valence-corrected chi connectivity index (χ3v) is 3.57. The van der Waals surface area contributed by atoms with Gasteiger partial charge in [-0.3, -0.25) is 9.59 Å². The highest BCUT2D eigenvalue weighted by atomic mass is 16.5. The first-order valence-corrected chi connectivity index (χ1v) is 8.72. The molecule has 7 nitrogen and oxygen atoms in total. The van der Waals surface area contributed by atoms with E-state index in [4.69, 9.17) is 4.74 Å². The average Bonchev–Trinajstić information content (AvgIpc) is 2.65. The molecule has 7 heteroatoms. The van der Waals surface area contributed by atoms with Crippen molar-refractivity contribution in [3.05, 3.63) is 53.6 Å². The molecule has 0 bridgehead atoms. The summed E-state index contributed by atoms with van der Waals surface area (Å²) in [5, 5.41) is 16.3. The van der Waals surface area contributed by atoms with Crippen LogP contribution in [0.25, 0.3) is 0 Å². The van der Waals surface area contributed by atoms with Gasteiger partial charge < -0.3 is 15.2 Å². The van der Waals surface area contributed by atoms with Gasteiger partial charge in [-0.15, -0.1) is 0 Å². The monoisotopic (exact) mass is 369 g/mol. The largest absolute Gasteiger partial charge is 0.504 e. The Kier molecular flexibility index (Phi) is 7.37. The number of aromatic hydroxyl groups is 1. The summed E-state index contributed by atoms with van der Waals surface area (Å²) in [5.41, 5.74) is 4.16. The highest BCUT2D eigenvalue weighted by Gasteiger charge is 2.06.